The minimum atomic E-state index is -0.713. The Morgan fingerprint density at radius 3 is 2.28 bits per heavy atom. The number of carbonyl (C=O) groups excluding carboxylic acids is 3. The summed E-state index contributed by atoms with van der Waals surface area (Å²) >= 11 is 0. The Hall–Kier alpha value is -7.17. The number of halogens is 1. The summed E-state index contributed by atoms with van der Waals surface area (Å²) in [5.41, 5.74) is 9.31. The Bertz CT molecular complexity index is 3310. The number of fused-ring (bicyclic) bond motifs is 2. The zero-order valence-corrected chi connectivity index (χ0v) is 41.2. The van der Waals surface area contributed by atoms with Gasteiger partial charge in [0.25, 0.3) is 11.5 Å². The standard InChI is InChI=1S/C55H61FN10O5/c1-33-27-39(29-43(56)51(33)38-18-24-64(25-19-38)34(2)47-31-42-44(15-21-58-52(42)61(47)5)65-26-20-40(57-3)30-50(65)68)54(70)60(4)41-10-8-36(9-11-41)37-16-22-63(23-17-37)32-35-7-12-45-48(28-35)62(6)55(71)66(45)46-13-14-49(67)59-53(46)69/h7-12,15,20-21,26-31,34,37-38,46,57H,13-14,16-19,22-25,32H2,1-6H3,(H,59,67,69)/t34-,46?/m0/s1. The molecule has 0 saturated carbocycles. The average molecular weight is 961 g/mol. The molecule has 3 fully saturated rings. The first-order valence-corrected chi connectivity index (χ1v) is 24.7. The predicted molar refractivity (Wildman–Crippen MR) is 274 cm³/mol. The molecule has 368 valence electrons. The third kappa shape index (κ3) is 8.88. The molecule has 10 rings (SSSR count). The van der Waals surface area contributed by atoms with E-state index >= 15 is 4.39 Å². The van der Waals surface area contributed by atoms with Crippen molar-refractivity contribution in [2.75, 3.05) is 50.5 Å². The van der Waals surface area contributed by atoms with Crippen LogP contribution in [0.5, 0.6) is 0 Å². The number of hydrogen-bond acceptors (Lipinski definition) is 9. The van der Waals surface area contributed by atoms with Gasteiger partial charge >= 0.3 is 5.69 Å². The van der Waals surface area contributed by atoms with Gasteiger partial charge in [0, 0.05) is 93.7 Å². The molecule has 3 saturated heterocycles. The Morgan fingerprint density at radius 1 is 0.859 bits per heavy atom. The highest BCUT2D eigenvalue weighted by Crippen LogP contribution is 2.38. The molecule has 3 aromatic carbocycles. The van der Waals surface area contributed by atoms with Crippen molar-refractivity contribution >= 4 is 51.2 Å². The highest BCUT2D eigenvalue weighted by atomic mass is 19.1. The predicted octanol–water partition coefficient (Wildman–Crippen LogP) is 7.44. The minimum absolute atomic E-state index is 0.0286. The lowest BCUT2D eigenvalue weighted by atomic mass is 9.85. The maximum absolute atomic E-state index is 16.2. The fourth-order valence-corrected chi connectivity index (χ4v) is 11.5. The van der Waals surface area contributed by atoms with Crippen LogP contribution in [0.15, 0.2) is 101 Å². The number of nitrogens with zero attached hydrogens (tertiary/aromatic N) is 8. The third-order valence-electron chi connectivity index (χ3n) is 15.6. The van der Waals surface area contributed by atoms with Gasteiger partial charge in [0.15, 0.2) is 0 Å². The van der Waals surface area contributed by atoms with Gasteiger partial charge in [-0.25, -0.2) is 14.2 Å². The monoisotopic (exact) mass is 960 g/mol. The second-order valence-electron chi connectivity index (χ2n) is 19.8. The number of hydrogen-bond donors (Lipinski definition) is 2. The van der Waals surface area contributed by atoms with Crippen LogP contribution in [-0.2, 0) is 30.2 Å². The van der Waals surface area contributed by atoms with Crippen LogP contribution < -0.4 is 26.8 Å². The second kappa shape index (κ2) is 19.2. The number of amides is 3. The van der Waals surface area contributed by atoms with Gasteiger partial charge in [0.05, 0.1) is 16.7 Å². The summed E-state index contributed by atoms with van der Waals surface area (Å²) in [6, 6.07) is 24.2. The van der Waals surface area contributed by atoms with E-state index in [9.17, 15) is 24.0 Å². The molecular weight excluding hydrogens is 900 g/mol. The number of rotatable bonds is 11. The Morgan fingerprint density at radius 2 is 1.59 bits per heavy atom. The van der Waals surface area contributed by atoms with E-state index in [1.165, 1.54) is 16.2 Å². The highest BCUT2D eigenvalue weighted by Gasteiger charge is 2.33. The van der Waals surface area contributed by atoms with E-state index in [0.29, 0.717) is 29.0 Å². The van der Waals surface area contributed by atoms with E-state index < -0.39 is 11.9 Å². The zero-order chi connectivity index (χ0) is 49.8. The first-order valence-electron chi connectivity index (χ1n) is 24.7. The number of benzene rings is 3. The number of piperidine rings is 3. The van der Waals surface area contributed by atoms with E-state index in [0.717, 1.165) is 109 Å². The lowest BCUT2D eigenvalue weighted by Gasteiger charge is -2.37. The summed E-state index contributed by atoms with van der Waals surface area (Å²) in [5.74, 6) is -0.955. The van der Waals surface area contributed by atoms with Crippen molar-refractivity contribution in [2.24, 2.45) is 14.1 Å². The zero-order valence-electron chi connectivity index (χ0n) is 41.2. The van der Waals surface area contributed by atoms with E-state index in [2.05, 4.69) is 55.1 Å². The lowest BCUT2D eigenvalue weighted by molar-refractivity contribution is -0.135. The van der Waals surface area contributed by atoms with Gasteiger partial charge in [-0.15, -0.1) is 0 Å². The number of imidazole rings is 1. The largest absolute Gasteiger partial charge is 0.388 e. The average Bonchev–Trinajstić information content (AvgIpc) is 3.84. The number of nitrogens with one attached hydrogen (secondary N) is 2. The van der Waals surface area contributed by atoms with Gasteiger partial charge in [0.1, 0.15) is 17.5 Å². The molecule has 2 atom stereocenters. The highest BCUT2D eigenvalue weighted by molar-refractivity contribution is 6.06. The molecule has 15 nitrogen and oxygen atoms in total. The third-order valence-corrected chi connectivity index (χ3v) is 15.6. The summed E-state index contributed by atoms with van der Waals surface area (Å²) in [5, 5.41) is 6.29. The van der Waals surface area contributed by atoms with Crippen LogP contribution in [0, 0.1) is 12.7 Å². The number of likely N-dealkylation sites (tertiary alicyclic amines) is 2. The molecule has 0 radical (unpaired) electrons. The molecule has 1 unspecified atom stereocenters. The van der Waals surface area contributed by atoms with Crippen molar-refractivity contribution in [3.63, 3.8) is 0 Å². The Kier molecular flexibility index (Phi) is 12.9. The number of aryl methyl sites for hydroxylation is 3. The number of carbonyl (C=O) groups is 3. The topological polar surface area (TPSA) is 152 Å². The maximum atomic E-state index is 16.2. The molecule has 0 bridgehead atoms. The summed E-state index contributed by atoms with van der Waals surface area (Å²) < 4.78 is 23.0. The van der Waals surface area contributed by atoms with Crippen LogP contribution in [-0.4, -0.2) is 91.0 Å². The maximum Gasteiger partial charge on any atom is 0.329 e. The molecule has 0 spiro atoms. The van der Waals surface area contributed by atoms with Crippen molar-refractivity contribution in [2.45, 2.75) is 82.8 Å². The SMILES string of the molecule is CNc1ccn(-c2ccnc3c2cc([C@H](C)N2CCC(c4c(C)cc(C(=O)N(C)c5ccc(C6CCN(Cc7ccc8c(c7)n(C)c(=O)n8C7CCC(=O)NC7=O)CC6)cc5)cc4F)CC2)n3C)c(=O)c1. The molecule has 71 heavy (non-hydrogen) atoms. The first kappa shape index (κ1) is 47.5. The van der Waals surface area contributed by atoms with Crippen LogP contribution in [0.1, 0.15) is 108 Å². The Labute approximate surface area is 411 Å². The van der Waals surface area contributed by atoms with Crippen molar-refractivity contribution in [3.8, 4) is 5.69 Å². The molecule has 3 aliphatic heterocycles. The van der Waals surface area contributed by atoms with E-state index in [4.69, 9.17) is 0 Å². The van der Waals surface area contributed by atoms with Crippen LogP contribution in [0.4, 0.5) is 15.8 Å². The fourth-order valence-electron chi connectivity index (χ4n) is 11.5. The summed E-state index contributed by atoms with van der Waals surface area (Å²) in [6.45, 7) is 8.20. The van der Waals surface area contributed by atoms with Crippen LogP contribution in [0.25, 0.3) is 27.8 Å². The van der Waals surface area contributed by atoms with Gasteiger partial charge in [-0.1, -0.05) is 18.2 Å². The van der Waals surface area contributed by atoms with Gasteiger partial charge < -0.3 is 14.8 Å². The summed E-state index contributed by atoms with van der Waals surface area (Å²) in [6.07, 6.45) is 7.54. The van der Waals surface area contributed by atoms with Crippen molar-refractivity contribution in [1.82, 2.24) is 38.4 Å². The van der Waals surface area contributed by atoms with Crippen molar-refractivity contribution in [3.05, 3.63) is 151 Å². The molecule has 3 aliphatic rings. The lowest BCUT2D eigenvalue weighted by Crippen LogP contribution is -2.44. The molecule has 3 amide bonds. The number of aromatic nitrogens is 5. The smallest absolute Gasteiger partial charge is 0.329 e. The minimum Gasteiger partial charge on any atom is -0.388 e. The quantitative estimate of drug-likeness (QED) is 0.126. The fraction of sp³-hybridized carbons (Fsp3) is 0.382. The van der Waals surface area contributed by atoms with Gasteiger partial charge in [0.2, 0.25) is 11.8 Å². The number of imide groups is 1. The summed E-state index contributed by atoms with van der Waals surface area (Å²) in [7, 11) is 7.25. The van der Waals surface area contributed by atoms with Gasteiger partial charge in [-0.3, -0.25) is 48.0 Å². The Balaban J connectivity index is 0.739. The number of pyridine rings is 2. The molecular formula is C55H61FN10O5. The molecule has 2 N–H and O–H groups in total. The molecule has 7 heterocycles. The normalized spacial score (nSPS) is 18.0. The molecule has 4 aromatic heterocycles. The van der Waals surface area contributed by atoms with E-state index in [1.807, 2.05) is 62.5 Å². The number of anilines is 2. The molecule has 16 heteroatoms. The van der Waals surface area contributed by atoms with Crippen LogP contribution in [0.3, 0.4) is 0 Å². The molecule has 0 aliphatic carbocycles. The van der Waals surface area contributed by atoms with Crippen LogP contribution in [0.2, 0.25) is 0 Å². The van der Waals surface area contributed by atoms with Gasteiger partial charge in [-0.05, 0) is 161 Å². The van der Waals surface area contributed by atoms with Crippen molar-refractivity contribution < 1.29 is 18.8 Å². The van der Waals surface area contributed by atoms with Crippen molar-refractivity contribution in [1.29, 1.82) is 0 Å². The summed E-state index contributed by atoms with van der Waals surface area (Å²) in [4.78, 5) is 75.7. The van der Waals surface area contributed by atoms with Gasteiger partial charge in [-0.2, -0.15) is 0 Å². The molecule has 7 aromatic rings. The second-order valence-corrected chi connectivity index (χ2v) is 19.8. The van der Waals surface area contributed by atoms with E-state index in [-0.39, 0.29) is 47.3 Å². The van der Waals surface area contributed by atoms with E-state index in [1.54, 1.807) is 53.6 Å². The first-order chi connectivity index (χ1) is 34.2. The van der Waals surface area contributed by atoms with Crippen LogP contribution >= 0.6 is 0 Å².